The highest BCUT2D eigenvalue weighted by Gasteiger charge is 2.26. The van der Waals surface area contributed by atoms with Crippen LogP contribution in [0.5, 0.6) is 11.5 Å². The molecule has 1 amide bonds. The molecule has 0 saturated heterocycles. The molecule has 1 heterocycles. The third-order valence-electron chi connectivity index (χ3n) is 6.33. The molecule has 1 aromatic carbocycles. The summed E-state index contributed by atoms with van der Waals surface area (Å²) in [5.41, 5.74) is 1.02. The second kappa shape index (κ2) is 16.7. The van der Waals surface area contributed by atoms with Gasteiger partial charge in [-0.3, -0.25) is 4.79 Å². The SMILES string of the molecule is CCCCCCCCS(=O)(=O)N(CCC)CC(=O)N(CCc1ccc(OC)c(OC)c1)Cc1cccs1. The largest absolute Gasteiger partial charge is 0.493 e. The molecule has 208 valence electrons. The Bertz CT molecular complexity index is 1030. The maximum absolute atomic E-state index is 13.5. The lowest BCUT2D eigenvalue weighted by atomic mass is 10.1. The number of hydrogen-bond donors (Lipinski definition) is 0. The third-order valence-corrected chi connectivity index (χ3v) is 9.10. The zero-order valence-corrected chi connectivity index (χ0v) is 24.5. The number of amides is 1. The smallest absolute Gasteiger partial charge is 0.238 e. The van der Waals surface area contributed by atoms with E-state index in [1.807, 2.05) is 42.6 Å². The molecule has 0 bridgehead atoms. The van der Waals surface area contributed by atoms with Crippen molar-refractivity contribution in [2.45, 2.75) is 71.8 Å². The molecule has 0 unspecified atom stereocenters. The monoisotopic (exact) mass is 552 g/mol. The molecule has 2 rings (SSSR count). The van der Waals surface area contributed by atoms with Crippen molar-refractivity contribution in [3.8, 4) is 11.5 Å². The second-order valence-electron chi connectivity index (χ2n) is 9.25. The topological polar surface area (TPSA) is 76.2 Å². The van der Waals surface area contributed by atoms with E-state index in [0.717, 1.165) is 29.7 Å². The van der Waals surface area contributed by atoms with Gasteiger partial charge in [-0.1, -0.05) is 58.1 Å². The number of ether oxygens (including phenoxy) is 2. The van der Waals surface area contributed by atoms with Crippen LogP contribution < -0.4 is 9.47 Å². The van der Waals surface area contributed by atoms with E-state index in [1.54, 1.807) is 30.5 Å². The number of thiophene rings is 1. The number of unbranched alkanes of at least 4 members (excludes halogenated alkanes) is 5. The zero-order valence-electron chi connectivity index (χ0n) is 22.9. The van der Waals surface area contributed by atoms with Crippen molar-refractivity contribution >= 4 is 27.3 Å². The highest BCUT2D eigenvalue weighted by molar-refractivity contribution is 7.89. The van der Waals surface area contributed by atoms with Gasteiger partial charge in [-0.05, 0) is 48.4 Å². The van der Waals surface area contributed by atoms with Gasteiger partial charge in [0.15, 0.2) is 11.5 Å². The lowest BCUT2D eigenvalue weighted by Gasteiger charge is -2.27. The molecule has 0 radical (unpaired) electrons. The number of carbonyl (C=O) groups excluding carboxylic acids is 1. The van der Waals surface area contributed by atoms with Crippen LogP contribution in [0, 0.1) is 0 Å². The molecule has 0 N–H and O–H groups in total. The van der Waals surface area contributed by atoms with E-state index in [2.05, 4.69) is 6.92 Å². The average Bonchev–Trinajstić information content (AvgIpc) is 3.41. The molecule has 2 aromatic rings. The van der Waals surface area contributed by atoms with Crippen LogP contribution in [-0.4, -0.2) is 63.1 Å². The lowest BCUT2D eigenvalue weighted by Crippen LogP contribution is -2.44. The van der Waals surface area contributed by atoms with E-state index >= 15 is 0 Å². The highest BCUT2D eigenvalue weighted by atomic mass is 32.2. The van der Waals surface area contributed by atoms with Crippen molar-refractivity contribution in [3.05, 3.63) is 46.2 Å². The van der Waals surface area contributed by atoms with Gasteiger partial charge in [0.25, 0.3) is 0 Å². The van der Waals surface area contributed by atoms with Crippen LogP contribution in [0.3, 0.4) is 0 Å². The molecule has 0 saturated carbocycles. The van der Waals surface area contributed by atoms with Crippen molar-refractivity contribution in [2.75, 3.05) is 39.6 Å². The molecule has 0 aliphatic carbocycles. The van der Waals surface area contributed by atoms with Crippen LogP contribution in [0.2, 0.25) is 0 Å². The van der Waals surface area contributed by atoms with Crippen LogP contribution >= 0.6 is 11.3 Å². The van der Waals surface area contributed by atoms with E-state index in [9.17, 15) is 13.2 Å². The van der Waals surface area contributed by atoms with Crippen LogP contribution in [0.4, 0.5) is 0 Å². The number of sulfonamides is 1. The maximum atomic E-state index is 13.5. The van der Waals surface area contributed by atoms with E-state index in [4.69, 9.17) is 9.47 Å². The highest BCUT2D eigenvalue weighted by Crippen LogP contribution is 2.28. The molecule has 0 fully saturated rings. The Hall–Kier alpha value is -2.10. The van der Waals surface area contributed by atoms with Crippen LogP contribution in [0.15, 0.2) is 35.7 Å². The standard InChI is InChI=1S/C28H44N2O5S2/c1-5-7-8-9-10-11-20-37(32,33)30(17-6-2)23-28(31)29(22-25-13-12-19-36-25)18-16-24-14-15-26(34-3)27(21-24)35-4/h12-15,19,21H,5-11,16-18,20,22-23H2,1-4H3. The summed E-state index contributed by atoms with van der Waals surface area (Å²) < 4.78 is 38.4. The Balaban J connectivity index is 2.08. The Labute approximate surface area is 227 Å². The van der Waals surface area contributed by atoms with Gasteiger partial charge in [-0.25, -0.2) is 8.42 Å². The minimum absolute atomic E-state index is 0.100. The number of benzene rings is 1. The normalized spacial score (nSPS) is 11.6. The van der Waals surface area contributed by atoms with Crippen LogP contribution in [0.1, 0.15) is 69.2 Å². The predicted molar refractivity (Wildman–Crippen MR) is 152 cm³/mol. The summed E-state index contributed by atoms with van der Waals surface area (Å²) in [5.74, 6) is 1.23. The molecular formula is C28H44N2O5S2. The fraction of sp³-hybridized carbons (Fsp3) is 0.607. The minimum Gasteiger partial charge on any atom is -0.493 e. The fourth-order valence-electron chi connectivity index (χ4n) is 4.19. The van der Waals surface area contributed by atoms with E-state index < -0.39 is 10.0 Å². The van der Waals surface area contributed by atoms with E-state index in [0.29, 0.717) is 50.4 Å². The molecule has 0 atom stereocenters. The molecule has 37 heavy (non-hydrogen) atoms. The van der Waals surface area contributed by atoms with Crippen molar-refractivity contribution in [1.82, 2.24) is 9.21 Å². The maximum Gasteiger partial charge on any atom is 0.238 e. The molecular weight excluding hydrogens is 508 g/mol. The molecule has 9 heteroatoms. The van der Waals surface area contributed by atoms with Gasteiger partial charge in [0, 0.05) is 18.0 Å². The first-order valence-corrected chi connectivity index (χ1v) is 15.8. The Morgan fingerprint density at radius 3 is 2.30 bits per heavy atom. The van der Waals surface area contributed by atoms with Gasteiger partial charge >= 0.3 is 0 Å². The molecule has 1 aromatic heterocycles. The number of methoxy groups -OCH3 is 2. The lowest BCUT2D eigenvalue weighted by molar-refractivity contribution is -0.132. The summed E-state index contributed by atoms with van der Waals surface area (Å²) in [6.07, 6.45) is 7.38. The number of rotatable bonds is 19. The van der Waals surface area contributed by atoms with Gasteiger partial charge in [0.05, 0.1) is 33.1 Å². The Morgan fingerprint density at radius 2 is 1.65 bits per heavy atom. The van der Waals surface area contributed by atoms with Gasteiger partial charge in [0.2, 0.25) is 15.9 Å². The third kappa shape index (κ3) is 10.7. The summed E-state index contributed by atoms with van der Waals surface area (Å²) >= 11 is 1.59. The van der Waals surface area contributed by atoms with Crippen molar-refractivity contribution in [1.29, 1.82) is 0 Å². The van der Waals surface area contributed by atoms with Crippen LogP contribution in [-0.2, 0) is 27.8 Å². The number of hydrogen-bond acceptors (Lipinski definition) is 6. The molecule has 0 spiro atoms. The summed E-state index contributed by atoms with van der Waals surface area (Å²) in [7, 11) is -0.296. The average molecular weight is 553 g/mol. The second-order valence-corrected chi connectivity index (χ2v) is 12.4. The summed E-state index contributed by atoms with van der Waals surface area (Å²) in [4.78, 5) is 16.3. The Morgan fingerprint density at radius 1 is 0.919 bits per heavy atom. The number of nitrogens with zero attached hydrogens (tertiary/aromatic N) is 2. The summed E-state index contributed by atoms with van der Waals surface area (Å²) in [5, 5.41) is 1.99. The van der Waals surface area contributed by atoms with Gasteiger partial charge in [-0.2, -0.15) is 4.31 Å². The van der Waals surface area contributed by atoms with Gasteiger partial charge in [0.1, 0.15) is 0 Å². The van der Waals surface area contributed by atoms with E-state index in [-0.39, 0.29) is 18.2 Å². The van der Waals surface area contributed by atoms with Crippen molar-refractivity contribution in [3.63, 3.8) is 0 Å². The molecule has 0 aliphatic rings. The first-order chi connectivity index (χ1) is 17.8. The zero-order chi connectivity index (χ0) is 27.1. The minimum atomic E-state index is -3.49. The predicted octanol–water partition coefficient (Wildman–Crippen LogP) is 5.74. The number of carbonyl (C=O) groups is 1. The summed E-state index contributed by atoms with van der Waals surface area (Å²) in [6, 6.07) is 9.70. The van der Waals surface area contributed by atoms with Gasteiger partial charge < -0.3 is 14.4 Å². The molecule has 0 aliphatic heterocycles. The molecule has 7 nitrogen and oxygen atoms in total. The first kappa shape index (κ1) is 31.1. The fourth-order valence-corrected chi connectivity index (χ4v) is 6.51. The summed E-state index contributed by atoms with van der Waals surface area (Å²) in [6.45, 7) is 5.28. The van der Waals surface area contributed by atoms with Crippen molar-refractivity contribution in [2.24, 2.45) is 0 Å². The van der Waals surface area contributed by atoms with Crippen LogP contribution in [0.25, 0.3) is 0 Å². The first-order valence-electron chi connectivity index (χ1n) is 13.3. The van der Waals surface area contributed by atoms with Crippen molar-refractivity contribution < 1.29 is 22.7 Å². The van der Waals surface area contributed by atoms with Gasteiger partial charge in [-0.15, -0.1) is 11.3 Å². The van der Waals surface area contributed by atoms with E-state index in [1.165, 1.54) is 17.1 Å². The quantitative estimate of drug-likeness (QED) is 0.208. The Kier molecular flexibility index (Phi) is 14.0.